The topological polar surface area (TPSA) is 38.3 Å². The van der Waals surface area contributed by atoms with Crippen LogP contribution in [0, 0.1) is 12.3 Å². The van der Waals surface area contributed by atoms with E-state index in [2.05, 4.69) is 16.0 Å². The molecule has 1 N–H and O–H groups in total. The molecule has 72 valence electrons. The van der Waals surface area contributed by atoms with Gasteiger partial charge in [0.1, 0.15) is 0 Å². The van der Waals surface area contributed by atoms with Gasteiger partial charge < -0.3 is 10.1 Å². The van der Waals surface area contributed by atoms with Gasteiger partial charge in [0.15, 0.2) is 0 Å². The molecule has 0 unspecified atom stereocenters. The fourth-order valence-corrected chi connectivity index (χ4v) is 1.13. The predicted molar refractivity (Wildman–Crippen MR) is 55.3 cm³/mol. The van der Waals surface area contributed by atoms with Gasteiger partial charge in [-0.05, 0) is 18.2 Å². The smallest absolute Gasteiger partial charge is 0.337 e. The Hall–Kier alpha value is -1.95. The lowest BCUT2D eigenvalue weighted by Crippen LogP contribution is -2.02. The quantitative estimate of drug-likeness (QED) is 0.566. The first kappa shape index (κ1) is 10.1. The van der Waals surface area contributed by atoms with Crippen LogP contribution in [0.1, 0.15) is 15.9 Å². The first-order valence-electron chi connectivity index (χ1n) is 4.09. The summed E-state index contributed by atoms with van der Waals surface area (Å²) in [6.45, 7) is 0. The van der Waals surface area contributed by atoms with Crippen LogP contribution >= 0.6 is 0 Å². The van der Waals surface area contributed by atoms with Crippen molar-refractivity contribution in [3.63, 3.8) is 0 Å². The van der Waals surface area contributed by atoms with Gasteiger partial charge in [-0.25, -0.2) is 4.79 Å². The van der Waals surface area contributed by atoms with Crippen LogP contribution in [0.25, 0.3) is 0 Å². The summed E-state index contributed by atoms with van der Waals surface area (Å²) in [7, 11) is 3.11. The van der Waals surface area contributed by atoms with Gasteiger partial charge in [0.25, 0.3) is 0 Å². The lowest BCUT2D eigenvalue weighted by molar-refractivity contribution is 0.0600. The van der Waals surface area contributed by atoms with Gasteiger partial charge in [-0.15, -0.1) is 6.42 Å². The van der Waals surface area contributed by atoms with Gasteiger partial charge in [-0.3, -0.25) is 0 Å². The molecule has 14 heavy (non-hydrogen) atoms. The predicted octanol–water partition coefficient (Wildman–Crippen LogP) is 1.50. The number of hydrogen-bond acceptors (Lipinski definition) is 3. The van der Waals surface area contributed by atoms with E-state index in [1.807, 2.05) is 0 Å². The second kappa shape index (κ2) is 4.33. The average molecular weight is 189 g/mol. The van der Waals surface area contributed by atoms with E-state index in [1.165, 1.54) is 7.11 Å². The van der Waals surface area contributed by atoms with Crippen LogP contribution in [0.3, 0.4) is 0 Å². The zero-order chi connectivity index (χ0) is 10.6. The van der Waals surface area contributed by atoms with Crippen LogP contribution in [0.5, 0.6) is 0 Å². The Morgan fingerprint density at radius 1 is 1.57 bits per heavy atom. The number of rotatable bonds is 2. The van der Waals surface area contributed by atoms with E-state index in [9.17, 15) is 4.79 Å². The van der Waals surface area contributed by atoms with E-state index in [0.29, 0.717) is 11.1 Å². The van der Waals surface area contributed by atoms with E-state index in [0.717, 1.165) is 5.69 Å². The molecule has 0 spiro atoms. The van der Waals surface area contributed by atoms with Crippen molar-refractivity contribution in [2.45, 2.75) is 0 Å². The van der Waals surface area contributed by atoms with Crippen LogP contribution in [0.15, 0.2) is 18.2 Å². The Morgan fingerprint density at radius 2 is 2.29 bits per heavy atom. The van der Waals surface area contributed by atoms with Crippen LogP contribution in [-0.4, -0.2) is 20.1 Å². The van der Waals surface area contributed by atoms with Gasteiger partial charge in [-0.1, -0.05) is 5.92 Å². The Balaban J connectivity index is 3.15. The standard InChI is InChI=1S/C11H11NO2/c1-4-8-7-9(11(13)14-3)5-6-10(8)12-2/h1,5-7,12H,2-3H3. The highest BCUT2D eigenvalue weighted by Gasteiger charge is 2.07. The van der Waals surface area contributed by atoms with Crippen LogP contribution < -0.4 is 5.32 Å². The highest BCUT2D eigenvalue weighted by atomic mass is 16.5. The molecule has 1 aromatic rings. The third kappa shape index (κ3) is 1.86. The summed E-state index contributed by atoms with van der Waals surface area (Å²) in [6, 6.07) is 5.04. The lowest BCUT2D eigenvalue weighted by Gasteiger charge is -2.05. The Labute approximate surface area is 83.1 Å². The molecule has 0 saturated heterocycles. The monoisotopic (exact) mass is 189 g/mol. The maximum absolute atomic E-state index is 11.2. The van der Waals surface area contributed by atoms with Gasteiger partial charge in [0.2, 0.25) is 0 Å². The number of nitrogens with one attached hydrogen (secondary N) is 1. The summed E-state index contributed by atoms with van der Waals surface area (Å²) in [5.74, 6) is 2.11. The molecule has 0 saturated carbocycles. The molecule has 1 aromatic carbocycles. The van der Waals surface area contributed by atoms with Gasteiger partial charge in [-0.2, -0.15) is 0 Å². The van der Waals surface area contributed by atoms with Gasteiger partial charge >= 0.3 is 5.97 Å². The third-order valence-corrected chi connectivity index (χ3v) is 1.87. The highest BCUT2D eigenvalue weighted by Crippen LogP contribution is 2.16. The van der Waals surface area contributed by atoms with Gasteiger partial charge in [0.05, 0.1) is 12.7 Å². The van der Waals surface area contributed by atoms with Crippen LogP contribution in [0.4, 0.5) is 5.69 Å². The largest absolute Gasteiger partial charge is 0.465 e. The molecule has 0 fully saturated rings. The normalized spacial score (nSPS) is 8.93. The van der Waals surface area contributed by atoms with Crippen molar-refractivity contribution in [3.05, 3.63) is 29.3 Å². The highest BCUT2D eigenvalue weighted by molar-refractivity contribution is 5.90. The van der Waals surface area contributed by atoms with Crippen molar-refractivity contribution in [2.24, 2.45) is 0 Å². The number of terminal acetylenes is 1. The molecular formula is C11H11NO2. The number of carbonyl (C=O) groups excluding carboxylic acids is 1. The van der Waals surface area contributed by atoms with Crippen LogP contribution in [0.2, 0.25) is 0 Å². The second-order valence-electron chi connectivity index (χ2n) is 2.65. The fraction of sp³-hybridized carbons (Fsp3) is 0.182. The molecule has 0 aliphatic rings. The molecule has 0 aromatic heterocycles. The molecule has 3 heteroatoms. The molecule has 0 aliphatic heterocycles. The summed E-state index contributed by atoms with van der Waals surface area (Å²) < 4.78 is 4.58. The molecule has 0 bridgehead atoms. The molecule has 0 atom stereocenters. The number of esters is 1. The minimum Gasteiger partial charge on any atom is -0.465 e. The fourth-order valence-electron chi connectivity index (χ4n) is 1.13. The molecule has 0 radical (unpaired) electrons. The van der Waals surface area contributed by atoms with E-state index in [4.69, 9.17) is 6.42 Å². The number of hydrogen-bond donors (Lipinski definition) is 1. The Kier molecular flexibility index (Phi) is 3.14. The SMILES string of the molecule is C#Cc1cc(C(=O)OC)ccc1NC. The molecule has 0 aliphatic carbocycles. The molecule has 1 rings (SSSR count). The maximum Gasteiger partial charge on any atom is 0.337 e. The summed E-state index contributed by atoms with van der Waals surface area (Å²) in [5, 5.41) is 2.94. The molecule has 0 amide bonds. The first-order chi connectivity index (χ1) is 6.72. The van der Waals surface area contributed by atoms with E-state index < -0.39 is 0 Å². The Morgan fingerprint density at radius 3 is 2.79 bits per heavy atom. The first-order valence-corrected chi connectivity index (χ1v) is 4.09. The van der Waals surface area contributed by atoms with Crippen molar-refractivity contribution in [1.29, 1.82) is 0 Å². The summed E-state index contributed by atoms with van der Waals surface area (Å²) in [5.41, 5.74) is 1.93. The Bertz CT molecular complexity index is 391. The van der Waals surface area contributed by atoms with Crippen molar-refractivity contribution >= 4 is 11.7 Å². The minimum absolute atomic E-state index is 0.385. The summed E-state index contributed by atoms with van der Waals surface area (Å²) >= 11 is 0. The number of ether oxygens (including phenoxy) is 1. The summed E-state index contributed by atoms with van der Waals surface area (Å²) in [4.78, 5) is 11.2. The molecular weight excluding hydrogens is 178 g/mol. The zero-order valence-corrected chi connectivity index (χ0v) is 8.13. The van der Waals surface area contributed by atoms with Crippen molar-refractivity contribution in [3.8, 4) is 12.3 Å². The van der Waals surface area contributed by atoms with Crippen molar-refractivity contribution in [2.75, 3.05) is 19.5 Å². The second-order valence-corrected chi connectivity index (χ2v) is 2.65. The molecule has 0 heterocycles. The van der Waals surface area contributed by atoms with E-state index >= 15 is 0 Å². The third-order valence-electron chi connectivity index (χ3n) is 1.87. The number of benzene rings is 1. The van der Waals surface area contributed by atoms with Crippen molar-refractivity contribution in [1.82, 2.24) is 0 Å². The van der Waals surface area contributed by atoms with Crippen molar-refractivity contribution < 1.29 is 9.53 Å². The number of carbonyl (C=O) groups is 1. The number of anilines is 1. The molecule has 3 nitrogen and oxygen atoms in total. The van der Waals surface area contributed by atoms with Gasteiger partial charge in [0, 0.05) is 18.3 Å². The minimum atomic E-state index is -0.385. The van der Waals surface area contributed by atoms with E-state index in [-0.39, 0.29) is 5.97 Å². The summed E-state index contributed by atoms with van der Waals surface area (Å²) in [6.07, 6.45) is 5.29. The lowest BCUT2D eigenvalue weighted by atomic mass is 10.1. The zero-order valence-electron chi connectivity index (χ0n) is 8.13. The van der Waals surface area contributed by atoms with E-state index in [1.54, 1.807) is 25.2 Å². The number of methoxy groups -OCH3 is 1. The maximum atomic E-state index is 11.2. The van der Waals surface area contributed by atoms with Crippen LogP contribution in [-0.2, 0) is 4.74 Å². The average Bonchev–Trinajstić information content (AvgIpc) is 2.26.